The molecule has 7 nitrogen and oxygen atoms in total. The molecule has 2 heterocycles. The van der Waals surface area contributed by atoms with Crippen molar-refractivity contribution < 1.29 is 14.3 Å². The summed E-state index contributed by atoms with van der Waals surface area (Å²) in [5.74, 6) is -0.605. The third kappa shape index (κ3) is 3.13. The Bertz CT molecular complexity index is 921. The normalized spacial score (nSPS) is 13.6. The maximum absolute atomic E-state index is 12.4. The number of nitrogens with two attached hydrogens (primary N) is 1. The molecule has 130 valence electrons. The lowest BCUT2D eigenvalue weighted by Crippen LogP contribution is -2.24. The highest BCUT2D eigenvalue weighted by atomic mass is 16.5. The first kappa shape index (κ1) is 16.8. The number of anilines is 1. The fraction of sp³-hybridized carbons (Fsp3) is 0.278. The fourth-order valence-corrected chi connectivity index (χ4v) is 2.54. The smallest absolute Gasteiger partial charge is 0.262 e. The molecule has 1 aromatic heterocycles. The minimum Gasteiger partial charge on any atom is -0.493 e. The van der Waals surface area contributed by atoms with Crippen LogP contribution in [0.1, 0.15) is 41.5 Å². The number of amides is 2. The Morgan fingerprint density at radius 2 is 1.72 bits per heavy atom. The van der Waals surface area contributed by atoms with E-state index in [1.54, 1.807) is 24.3 Å². The molecule has 0 saturated heterocycles. The largest absolute Gasteiger partial charge is 0.493 e. The van der Waals surface area contributed by atoms with Gasteiger partial charge in [-0.1, -0.05) is 20.8 Å². The Morgan fingerprint density at radius 1 is 1.08 bits per heavy atom. The first-order valence-electron chi connectivity index (χ1n) is 7.82. The number of nitrogens with one attached hydrogen (secondary N) is 1. The molecule has 1 aromatic carbocycles. The van der Waals surface area contributed by atoms with Gasteiger partial charge in [0.1, 0.15) is 11.6 Å². The van der Waals surface area contributed by atoms with Gasteiger partial charge in [-0.2, -0.15) is 0 Å². The number of nitrogens with zero attached hydrogens (tertiary/aromatic N) is 1. The van der Waals surface area contributed by atoms with E-state index in [-0.39, 0.29) is 22.4 Å². The number of aromatic nitrogens is 1. The zero-order chi connectivity index (χ0) is 18.4. The highest BCUT2D eigenvalue weighted by Gasteiger charge is 2.31. The number of pyridine rings is 1. The van der Waals surface area contributed by atoms with Crippen LogP contribution in [-0.4, -0.2) is 23.0 Å². The number of rotatable bonds is 3. The second-order valence-electron chi connectivity index (χ2n) is 7.12. The molecular formula is C18H19N3O4. The van der Waals surface area contributed by atoms with Gasteiger partial charge in [0.2, 0.25) is 0 Å². The van der Waals surface area contributed by atoms with Gasteiger partial charge in [-0.3, -0.25) is 24.3 Å². The Labute approximate surface area is 144 Å². The van der Waals surface area contributed by atoms with Crippen LogP contribution in [0, 0.1) is 5.41 Å². The van der Waals surface area contributed by atoms with Crippen molar-refractivity contribution in [2.45, 2.75) is 20.8 Å². The van der Waals surface area contributed by atoms with Crippen LogP contribution in [0.2, 0.25) is 0 Å². The zero-order valence-electron chi connectivity index (χ0n) is 14.3. The first-order chi connectivity index (χ1) is 11.7. The van der Waals surface area contributed by atoms with E-state index in [0.717, 1.165) is 6.07 Å². The van der Waals surface area contributed by atoms with E-state index >= 15 is 0 Å². The Balaban J connectivity index is 1.98. The molecule has 0 radical (unpaired) electrons. The third-order valence-electron chi connectivity index (χ3n) is 3.72. The van der Waals surface area contributed by atoms with Crippen molar-refractivity contribution in [1.82, 2.24) is 9.88 Å². The molecular weight excluding hydrogens is 322 g/mol. The van der Waals surface area contributed by atoms with Crippen LogP contribution in [0.4, 0.5) is 5.82 Å². The van der Waals surface area contributed by atoms with Crippen LogP contribution in [0.3, 0.4) is 0 Å². The Hall–Kier alpha value is -3.09. The average molecular weight is 341 g/mol. The lowest BCUT2D eigenvalue weighted by atomic mass is 9.99. The summed E-state index contributed by atoms with van der Waals surface area (Å²) >= 11 is 0. The quantitative estimate of drug-likeness (QED) is 0.828. The summed E-state index contributed by atoms with van der Waals surface area (Å²) < 4.78 is 6.90. The number of imide groups is 1. The first-order valence-corrected chi connectivity index (χ1v) is 7.82. The van der Waals surface area contributed by atoms with Gasteiger partial charge in [0.15, 0.2) is 0 Å². The third-order valence-corrected chi connectivity index (χ3v) is 3.72. The number of carbonyl (C=O) groups excluding carboxylic acids is 2. The molecule has 0 spiro atoms. The summed E-state index contributed by atoms with van der Waals surface area (Å²) in [6, 6.07) is 7.93. The minimum atomic E-state index is -0.609. The van der Waals surface area contributed by atoms with Gasteiger partial charge in [0.05, 0.1) is 23.4 Å². The molecule has 7 heteroatoms. The molecule has 3 rings (SSSR count). The van der Waals surface area contributed by atoms with Crippen LogP contribution in [0.15, 0.2) is 35.1 Å². The summed E-state index contributed by atoms with van der Waals surface area (Å²) in [4.78, 5) is 35.9. The van der Waals surface area contributed by atoms with Crippen molar-refractivity contribution in [2.24, 2.45) is 5.41 Å². The molecule has 2 amide bonds. The van der Waals surface area contributed by atoms with E-state index in [2.05, 4.69) is 26.1 Å². The molecule has 1 aliphatic rings. The predicted octanol–water partition coefficient (Wildman–Crippen LogP) is 1.73. The highest BCUT2D eigenvalue weighted by molar-refractivity contribution is 6.23. The van der Waals surface area contributed by atoms with Gasteiger partial charge in [0, 0.05) is 6.07 Å². The summed E-state index contributed by atoms with van der Waals surface area (Å²) in [5, 5.41) is 2.14. The van der Waals surface area contributed by atoms with Crippen molar-refractivity contribution in [1.29, 1.82) is 0 Å². The predicted molar refractivity (Wildman–Crippen MR) is 93.2 cm³/mol. The van der Waals surface area contributed by atoms with E-state index in [0.29, 0.717) is 18.0 Å². The SMILES string of the molecule is CC(C)(C)COc1ccc(-n2c(N)c3c(cc2=O)C(=O)NC3=O)cc1. The van der Waals surface area contributed by atoms with Crippen molar-refractivity contribution in [2.75, 3.05) is 12.3 Å². The lowest BCUT2D eigenvalue weighted by Gasteiger charge is -2.19. The number of fused-ring (bicyclic) bond motifs is 1. The number of hydrogen-bond acceptors (Lipinski definition) is 5. The number of ether oxygens (including phenoxy) is 1. The maximum atomic E-state index is 12.4. The standard InChI is InChI=1S/C18H19N3O4/c1-18(2,3)9-25-11-6-4-10(5-7-11)21-13(22)8-12-14(15(21)19)17(24)20-16(12)23/h4-8H,9,19H2,1-3H3,(H,20,23,24). The summed E-state index contributed by atoms with van der Waals surface area (Å²) in [7, 11) is 0. The highest BCUT2D eigenvalue weighted by Crippen LogP contribution is 2.24. The monoisotopic (exact) mass is 341 g/mol. The van der Waals surface area contributed by atoms with Gasteiger partial charge in [-0.15, -0.1) is 0 Å². The maximum Gasteiger partial charge on any atom is 0.262 e. The van der Waals surface area contributed by atoms with E-state index in [9.17, 15) is 14.4 Å². The van der Waals surface area contributed by atoms with Gasteiger partial charge >= 0.3 is 0 Å². The second kappa shape index (κ2) is 5.77. The number of hydrogen-bond donors (Lipinski definition) is 2. The van der Waals surface area contributed by atoms with Crippen LogP contribution in [0.25, 0.3) is 5.69 Å². The van der Waals surface area contributed by atoms with Crippen LogP contribution in [-0.2, 0) is 0 Å². The van der Waals surface area contributed by atoms with Gasteiger partial charge in [-0.25, -0.2) is 0 Å². The van der Waals surface area contributed by atoms with Crippen molar-refractivity contribution in [3.05, 3.63) is 51.8 Å². The molecule has 25 heavy (non-hydrogen) atoms. The van der Waals surface area contributed by atoms with E-state index in [4.69, 9.17) is 10.5 Å². The molecule has 0 aliphatic carbocycles. The summed E-state index contributed by atoms with van der Waals surface area (Å²) in [6.07, 6.45) is 0. The van der Waals surface area contributed by atoms with E-state index in [1.807, 2.05) is 0 Å². The van der Waals surface area contributed by atoms with Crippen molar-refractivity contribution in [3.63, 3.8) is 0 Å². The van der Waals surface area contributed by atoms with Gasteiger partial charge in [0.25, 0.3) is 17.4 Å². The Kier molecular flexibility index (Phi) is 3.87. The second-order valence-corrected chi connectivity index (χ2v) is 7.12. The summed E-state index contributed by atoms with van der Waals surface area (Å²) in [6.45, 7) is 6.76. The molecule has 3 N–H and O–H groups in total. The number of nitrogen functional groups attached to an aromatic ring is 1. The molecule has 0 saturated carbocycles. The molecule has 0 bridgehead atoms. The topological polar surface area (TPSA) is 103 Å². The van der Waals surface area contributed by atoms with Crippen LogP contribution >= 0.6 is 0 Å². The van der Waals surface area contributed by atoms with Crippen LogP contribution < -0.4 is 21.3 Å². The molecule has 0 unspecified atom stereocenters. The lowest BCUT2D eigenvalue weighted by molar-refractivity contribution is 0.0880. The molecule has 2 aromatic rings. The van der Waals surface area contributed by atoms with Gasteiger partial charge < -0.3 is 10.5 Å². The molecule has 1 aliphatic heterocycles. The number of carbonyl (C=O) groups is 2. The van der Waals surface area contributed by atoms with Crippen molar-refractivity contribution in [3.8, 4) is 11.4 Å². The van der Waals surface area contributed by atoms with Gasteiger partial charge in [-0.05, 0) is 29.7 Å². The fourth-order valence-electron chi connectivity index (χ4n) is 2.54. The zero-order valence-corrected chi connectivity index (χ0v) is 14.3. The van der Waals surface area contributed by atoms with E-state index in [1.165, 1.54) is 4.57 Å². The summed E-state index contributed by atoms with van der Waals surface area (Å²) in [5.41, 5.74) is 6.06. The Morgan fingerprint density at radius 3 is 2.32 bits per heavy atom. The minimum absolute atomic E-state index is 0.00822. The number of benzene rings is 1. The van der Waals surface area contributed by atoms with Crippen molar-refractivity contribution >= 4 is 17.6 Å². The molecule has 0 fully saturated rings. The average Bonchev–Trinajstić information content (AvgIpc) is 2.80. The molecule has 0 atom stereocenters. The van der Waals surface area contributed by atoms with E-state index < -0.39 is 17.4 Å². The van der Waals surface area contributed by atoms with Crippen LogP contribution in [0.5, 0.6) is 5.75 Å².